The second kappa shape index (κ2) is 4.25. The molecular weight excluding hydrogens is 212 g/mol. The fraction of sp³-hybridized carbons (Fsp3) is 0.733. The number of ether oxygens (including phenoxy) is 1. The van der Waals surface area contributed by atoms with E-state index in [2.05, 4.69) is 32.9 Å². The minimum atomic E-state index is -0.481. The van der Waals surface area contributed by atoms with Gasteiger partial charge in [0, 0.05) is 0 Å². The number of hydrogen-bond acceptors (Lipinski definition) is 2. The zero-order valence-corrected chi connectivity index (χ0v) is 11.4. The van der Waals surface area contributed by atoms with Gasteiger partial charge in [-0.1, -0.05) is 37.6 Å². The molecule has 1 N–H and O–H groups in total. The molecule has 17 heavy (non-hydrogen) atoms. The maximum absolute atomic E-state index is 10.2. The standard InChI is InChI=1S/C15H24O2/c1-11-5-6-13-15(4,17-13)12(16)8-10-14(2,3)9-7-11/h7-8,10,12-13,16H,5-6,9H2,1-4H3/b10-8+,11-7+/t12-,13-,15-/m0/s1. The molecule has 2 nitrogen and oxygen atoms in total. The van der Waals surface area contributed by atoms with Crippen LogP contribution in [0.3, 0.4) is 0 Å². The van der Waals surface area contributed by atoms with Crippen LogP contribution in [0.2, 0.25) is 0 Å². The molecule has 2 aliphatic rings. The van der Waals surface area contributed by atoms with E-state index in [1.165, 1.54) is 5.57 Å². The van der Waals surface area contributed by atoms with Gasteiger partial charge < -0.3 is 9.84 Å². The van der Waals surface area contributed by atoms with E-state index < -0.39 is 6.10 Å². The Kier molecular flexibility index (Phi) is 3.21. The van der Waals surface area contributed by atoms with Gasteiger partial charge in [0.25, 0.3) is 0 Å². The molecule has 1 heterocycles. The van der Waals surface area contributed by atoms with Gasteiger partial charge in [-0.2, -0.15) is 0 Å². The van der Waals surface area contributed by atoms with Gasteiger partial charge in [-0.15, -0.1) is 0 Å². The lowest BCUT2D eigenvalue weighted by atomic mass is 9.87. The Hall–Kier alpha value is -0.600. The summed E-state index contributed by atoms with van der Waals surface area (Å²) in [6, 6.07) is 0. The SMILES string of the molecule is C/C1=C\CC(C)(C)/C=C/[C@H](O)[C@]2(C)O[C@H]2CC1. The minimum Gasteiger partial charge on any atom is -0.386 e. The van der Waals surface area contributed by atoms with Crippen LogP contribution >= 0.6 is 0 Å². The summed E-state index contributed by atoms with van der Waals surface area (Å²) in [5, 5.41) is 10.2. The summed E-state index contributed by atoms with van der Waals surface area (Å²) in [6.45, 7) is 8.60. The lowest BCUT2D eigenvalue weighted by molar-refractivity contribution is 0.122. The van der Waals surface area contributed by atoms with Crippen LogP contribution in [0.15, 0.2) is 23.8 Å². The Bertz CT molecular complexity index is 354. The quantitative estimate of drug-likeness (QED) is 0.517. The highest BCUT2D eigenvalue weighted by atomic mass is 16.6. The number of fused-ring (bicyclic) bond motifs is 1. The summed E-state index contributed by atoms with van der Waals surface area (Å²) >= 11 is 0. The molecule has 0 spiro atoms. The van der Waals surface area contributed by atoms with E-state index in [-0.39, 0.29) is 17.1 Å². The molecule has 1 saturated heterocycles. The number of aliphatic hydroxyl groups is 1. The normalized spacial score (nSPS) is 46.1. The maximum Gasteiger partial charge on any atom is 0.121 e. The van der Waals surface area contributed by atoms with Gasteiger partial charge in [0.05, 0.1) is 6.10 Å². The van der Waals surface area contributed by atoms with E-state index in [1.807, 2.05) is 13.0 Å². The first kappa shape index (κ1) is 12.8. The Labute approximate surface area is 104 Å². The van der Waals surface area contributed by atoms with Crippen LogP contribution in [0, 0.1) is 5.41 Å². The molecule has 1 aliphatic carbocycles. The molecule has 0 aromatic heterocycles. The highest BCUT2D eigenvalue weighted by molar-refractivity contribution is 5.16. The molecule has 1 aliphatic heterocycles. The van der Waals surface area contributed by atoms with Crippen LogP contribution < -0.4 is 0 Å². The van der Waals surface area contributed by atoms with Gasteiger partial charge in [-0.25, -0.2) is 0 Å². The van der Waals surface area contributed by atoms with Gasteiger partial charge in [0.1, 0.15) is 11.7 Å². The average molecular weight is 236 g/mol. The molecule has 0 aromatic carbocycles. The summed E-state index contributed by atoms with van der Waals surface area (Å²) < 4.78 is 5.68. The van der Waals surface area contributed by atoms with Crippen molar-refractivity contribution in [3.63, 3.8) is 0 Å². The monoisotopic (exact) mass is 236 g/mol. The second-order valence-corrected chi connectivity index (χ2v) is 6.38. The third kappa shape index (κ3) is 2.80. The number of rotatable bonds is 0. The molecule has 0 unspecified atom stereocenters. The first-order valence-corrected chi connectivity index (χ1v) is 6.54. The average Bonchev–Trinajstić information content (AvgIpc) is 2.93. The molecule has 0 radical (unpaired) electrons. The molecule has 0 bridgehead atoms. The van der Waals surface area contributed by atoms with E-state index in [0.717, 1.165) is 19.3 Å². The smallest absolute Gasteiger partial charge is 0.121 e. The summed E-state index contributed by atoms with van der Waals surface area (Å²) in [5.41, 5.74) is 1.19. The lowest BCUT2D eigenvalue weighted by Gasteiger charge is -2.19. The summed E-state index contributed by atoms with van der Waals surface area (Å²) in [5.74, 6) is 0. The molecule has 2 rings (SSSR count). The van der Waals surface area contributed by atoms with Gasteiger partial charge >= 0.3 is 0 Å². The topological polar surface area (TPSA) is 32.8 Å². The van der Waals surface area contributed by atoms with E-state index in [9.17, 15) is 5.11 Å². The van der Waals surface area contributed by atoms with E-state index in [0.29, 0.717) is 0 Å². The zero-order chi connectivity index (χ0) is 12.7. The molecule has 96 valence electrons. The van der Waals surface area contributed by atoms with Gasteiger partial charge in [0.15, 0.2) is 0 Å². The number of epoxide rings is 1. The van der Waals surface area contributed by atoms with Crippen LogP contribution in [-0.4, -0.2) is 22.9 Å². The van der Waals surface area contributed by atoms with Crippen molar-refractivity contribution < 1.29 is 9.84 Å². The van der Waals surface area contributed by atoms with Crippen molar-refractivity contribution in [1.82, 2.24) is 0 Å². The first-order chi connectivity index (χ1) is 7.83. The Morgan fingerprint density at radius 3 is 2.76 bits per heavy atom. The van der Waals surface area contributed by atoms with Gasteiger partial charge in [-0.05, 0) is 38.5 Å². The Morgan fingerprint density at radius 2 is 2.06 bits per heavy atom. The Morgan fingerprint density at radius 1 is 1.35 bits per heavy atom. The first-order valence-electron chi connectivity index (χ1n) is 6.54. The molecule has 3 atom stereocenters. The highest BCUT2D eigenvalue weighted by Crippen LogP contribution is 2.43. The minimum absolute atomic E-state index is 0.104. The van der Waals surface area contributed by atoms with E-state index in [4.69, 9.17) is 4.74 Å². The van der Waals surface area contributed by atoms with Crippen molar-refractivity contribution in [1.29, 1.82) is 0 Å². The zero-order valence-electron chi connectivity index (χ0n) is 11.4. The third-order valence-electron chi connectivity index (χ3n) is 4.07. The number of allylic oxidation sites excluding steroid dienone is 3. The third-order valence-corrected chi connectivity index (χ3v) is 4.07. The van der Waals surface area contributed by atoms with Crippen LogP contribution in [-0.2, 0) is 4.74 Å². The predicted molar refractivity (Wildman–Crippen MR) is 69.8 cm³/mol. The molecule has 2 heteroatoms. The van der Waals surface area contributed by atoms with Crippen LogP contribution in [0.1, 0.15) is 47.0 Å². The number of aliphatic hydroxyl groups excluding tert-OH is 1. The van der Waals surface area contributed by atoms with Crippen LogP contribution in [0.4, 0.5) is 0 Å². The lowest BCUT2D eigenvalue weighted by Crippen LogP contribution is -2.27. The summed E-state index contributed by atoms with van der Waals surface area (Å²) in [4.78, 5) is 0. The van der Waals surface area contributed by atoms with Crippen LogP contribution in [0.5, 0.6) is 0 Å². The summed E-state index contributed by atoms with van der Waals surface area (Å²) in [6.07, 6.45) is 9.21. The number of hydrogen-bond donors (Lipinski definition) is 1. The van der Waals surface area contributed by atoms with Crippen molar-refractivity contribution in [3.8, 4) is 0 Å². The van der Waals surface area contributed by atoms with Crippen molar-refractivity contribution in [2.75, 3.05) is 0 Å². The highest BCUT2D eigenvalue weighted by Gasteiger charge is 2.56. The molecular formula is C15H24O2. The summed E-state index contributed by atoms with van der Waals surface area (Å²) in [7, 11) is 0. The Balaban J connectivity index is 2.19. The van der Waals surface area contributed by atoms with Crippen molar-refractivity contribution in [2.45, 2.75) is 64.8 Å². The van der Waals surface area contributed by atoms with Crippen molar-refractivity contribution in [2.24, 2.45) is 5.41 Å². The molecule has 0 amide bonds. The predicted octanol–water partition coefficient (Wildman–Crippen LogP) is 3.22. The van der Waals surface area contributed by atoms with Gasteiger partial charge in [-0.3, -0.25) is 0 Å². The fourth-order valence-corrected chi connectivity index (χ4v) is 2.39. The fourth-order valence-electron chi connectivity index (χ4n) is 2.39. The van der Waals surface area contributed by atoms with Crippen molar-refractivity contribution in [3.05, 3.63) is 23.8 Å². The van der Waals surface area contributed by atoms with Crippen LogP contribution in [0.25, 0.3) is 0 Å². The van der Waals surface area contributed by atoms with E-state index >= 15 is 0 Å². The van der Waals surface area contributed by atoms with Crippen molar-refractivity contribution >= 4 is 0 Å². The maximum atomic E-state index is 10.2. The largest absolute Gasteiger partial charge is 0.386 e. The molecule has 1 fully saturated rings. The second-order valence-electron chi connectivity index (χ2n) is 6.38. The van der Waals surface area contributed by atoms with Gasteiger partial charge in [0.2, 0.25) is 0 Å². The molecule has 0 saturated carbocycles. The molecule has 0 aromatic rings. The van der Waals surface area contributed by atoms with E-state index in [1.54, 1.807) is 0 Å².